The van der Waals surface area contributed by atoms with Gasteiger partial charge >= 0.3 is 5.97 Å². The largest absolute Gasteiger partial charge is 0.481 e. The first-order chi connectivity index (χ1) is 11.0. The second kappa shape index (κ2) is 8.62. The fourth-order valence-corrected chi connectivity index (χ4v) is 2.81. The van der Waals surface area contributed by atoms with Gasteiger partial charge in [-0.25, -0.2) is 4.39 Å². The number of piperidine rings is 1. The molecule has 0 bridgehead atoms. The molecule has 2 rings (SSSR count). The molecule has 0 atom stereocenters. The van der Waals surface area contributed by atoms with Crippen LogP contribution in [0.3, 0.4) is 0 Å². The summed E-state index contributed by atoms with van der Waals surface area (Å²) < 4.78 is 12.8. The summed E-state index contributed by atoms with van der Waals surface area (Å²) in [4.78, 5) is 24.9. The minimum absolute atomic E-state index is 0.0119. The maximum Gasteiger partial charge on any atom is 0.303 e. The highest BCUT2D eigenvalue weighted by Gasteiger charge is 2.24. The van der Waals surface area contributed by atoms with Crippen molar-refractivity contribution in [2.75, 3.05) is 25.0 Å². The smallest absolute Gasteiger partial charge is 0.303 e. The zero-order valence-corrected chi connectivity index (χ0v) is 13.1. The van der Waals surface area contributed by atoms with E-state index < -0.39 is 5.97 Å². The number of carboxylic acid groups (broad SMARTS) is 1. The Labute approximate surface area is 135 Å². The number of benzene rings is 1. The summed E-state index contributed by atoms with van der Waals surface area (Å²) in [7, 11) is 0. The van der Waals surface area contributed by atoms with Gasteiger partial charge < -0.3 is 15.3 Å². The van der Waals surface area contributed by atoms with E-state index in [1.165, 1.54) is 12.1 Å². The second-order valence-corrected chi connectivity index (χ2v) is 5.96. The molecule has 1 heterocycles. The number of anilines is 1. The lowest BCUT2D eigenvalue weighted by Gasteiger charge is -2.31. The first-order valence-corrected chi connectivity index (χ1v) is 8.05. The lowest BCUT2D eigenvalue weighted by Crippen LogP contribution is -2.38. The Balaban J connectivity index is 1.68. The second-order valence-electron chi connectivity index (χ2n) is 5.96. The molecule has 2 N–H and O–H groups in total. The van der Waals surface area contributed by atoms with Crippen LogP contribution in [-0.4, -0.2) is 41.5 Å². The van der Waals surface area contributed by atoms with Gasteiger partial charge in [0.25, 0.3) is 0 Å². The van der Waals surface area contributed by atoms with Crippen molar-refractivity contribution in [3.63, 3.8) is 0 Å². The van der Waals surface area contributed by atoms with Crippen LogP contribution in [-0.2, 0) is 9.59 Å². The van der Waals surface area contributed by atoms with E-state index >= 15 is 0 Å². The number of nitrogens with one attached hydrogen (secondary N) is 1. The van der Waals surface area contributed by atoms with Gasteiger partial charge in [0, 0.05) is 18.0 Å². The summed E-state index contributed by atoms with van der Waals surface area (Å²) in [5, 5.41) is 11.4. The molecule has 0 spiro atoms. The van der Waals surface area contributed by atoms with Gasteiger partial charge in [-0.15, -0.1) is 0 Å². The summed E-state index contributed by atoms with van der Waals surface area (Å²) in [6, 6.07) is 5.78. The SMILES string of the molecule is O=C(O)CCCCN1CCC(C(=O)Nc2ccc(F)cc2)CC1. The Morgan fingerprint density at radius 3 is 2.43 bits per heavy atom. The van der Waals surface area contributed by atoms with Gasteiger partial charge in [-0.3, -0.25) is 9.59 Å². The Morgan fingerprint density at radius 1 is 1.17 bits per heavy atom. The number of carbonyl (C=O) groups is 2. The summed E-state index contributed by atoms with van der Waals surface area (Å²) in [6.07, 6.45) is 3.38. The summed E-state index contributed by atoms with van der Waals surface area (Å²) in [5.41, 5.74) is 0.618. The summed E-state index contributed by atoms with van der Waals surface area (Å²) in [5.74, 6) is -1.10. The third-order valence-electron chi connectivity index (χ3n) is 4.19. The zero-order valence-electron chi connectivity index (χ0n) is 13.1. The topological polar surface area (TPSA) is 69.6 Å². The molecule has 0 radical (unpaired) electrons. The number of hydrogen-bond donors (Lipinski definition) is 2. The van der Waals surface area contributed by atoms with Gasteiger partial charge in [-0.05, 0) is 69.6 Å². The van der Waals surface area contributed by atoms with Crippen molar-refractivity contribution in [3.05, 3.63) is 30.1 Å². The van der Waals surface area contributed by atoms with Crippen molar-refractivity contribution in [2.45, 2.75) is 32.1 Å². The predicted octanol–water partition coefficient (Wildman–Crippen LogP) is 2.73. The van der Waals surface area contributed by atoms with Crippen LogP contribution in [0.15, 0.2) is 24.3 Å². The molecule has 1 fully saturated rings. The van der Waals surface area contributed by atoms with E-state index in [0.717, 1.165) is 38.9 Å². The van der Waals surface area contributed by atoms with Crippen molar-refractivity contribution in [2.24, 2.45) is 5.92 Å². The maximum absolute atomic E-state index is 12.8. The van der Waals surface area contributed by atoms with Crippen LogP contribution < -0.4 is 5.32 Å². The summed E-state index contributed by atoms with van der Waals surface area (Å²) >= 11 is 0. The Hall–Kier alpha value is -1.95. The number of halogens is 1. The maximum atomic E-state index is 12.8. The monoisotopic (exact) mass is 322 g/mol. The van der Waals surface area contributed by atoms with Crippen molar-refractivity contribution in [1.29, 1.82) is 0 Å². The molecule has 1 aliphatic rings. The highest BCUT2D eigenvalue weighted by molar-refractivity contribution is 5.92. The highest BCUT2D eigenvalue weighted by atomic mass is 19.1. The molecule has 0 aliphatic carbocycles. The van der Waals surface area contributed by atoms with Crippen LogP contribution in [0.2, 0.25) is 0 Å². The van der Waals surface area contributed by atoms with Crippen molar-refractivity contribution >= 4 is 17.6 Å². The van der Waals surface area contributed by atoms with E-state index in [2.05, 4.69) is 10.2 Å². The van der Waals surface area contributed by atoms with E-state index in [1.54, 1.807) is 12.1 Å². The first kappa shape index (κ1) is 17.4. The number of carboxylic acids is 1. The number of carbonyl (C=O) groups excluding carboxylic acids is 1. The number of rotatable bonds is 7. The van der Waals surface area contributed by atoms with E-state index in [0.29, 0.717) is 12.1 Å². The molecular formula is C17H23FN2O3. The molecule has 1 aliphatic heterocycles. The predicted molar refractivity (Wildman–Crippen MR) is 85.7 cm³/mol. The number of nitrogens with zero attached hydrogens (tertiary/aromatic N) is 1. The highest BCUT2D eigenvalue weighted by Crippen LogP contribution is 2.20. The average molecular weight is 322 g/mol. The molecular weight excluding hydrogens is 299 g/mol. The number of aliphatic carboxylic acids is 1. The van der Waals surface area contributed by atoms with Gasteiger partial charge in [-0.2, -0.15) is 0 Å². The quantitative estimate of drug-likeness (QED) is 0.757. The molecule has 1 aromatic carbocycles. The Kier molecular flexibility index (Phi) is 6.52. The summed E-state index contributed by atoms with van der Waals surface area (Å²) in [6.45, 7) is 2.60. The van der Waals surface area contributed by atoms with Crippen molar-refractivity contribution in [1.82, 2.24) is 4.90 Å². The van der Waals surface area contributed by atoms with Crippen LogP contribution in [0.1, 0.15) is 32.1 Å². The fraction of sp³-hybridized carbons (Fsp3) is 0.529. The molecule has 23 heavy (non-hydrogen) atoms. The van der Waals surface area contributed by atoms with Crippen LogP contribution in [0.5, 0.6) is 0 Å². The van der Waals surface area contributed by atoms with Gasteiger partial charge in [-0.1, -0.05) is 0 Å². The van der Waals surface area contributed by atoms with Crippen molar-refractivity contribution < 1.29 is 19.1 Å². The molecule has 1 saturated heterocycles. The standard InChI is InChI=1S/C17H23FN2O3/c18-14-4-6-15(7-5-14)19-17(23)13-8-11-20(12-9-13)10-2-1-3-16(21)22/h4-7,13H,1-3,8-12H2,(H,19,23)(H,21,22). The third-order valence-corrected chi connectivity index (χ3v) is 4.19. The van der Waals surface area contributed by atoms with Gasteiger partial charge in [0.2, 0.25) is 5.91 Å². The minimum Gasteiger partial charge on any atom is -0.481 e. The zero-order chi connectivity index (χ0) is 16.7. The van der Waals surface area contributed by atoms with Gasteiger partial charge in [0.1, 0.15) is 5.82 Å². The number of likely N-dealkylation sites (tertiary alicyclic amines) is 1. The van der Waals surface area contributed by atoms with Gasteiger partial charge in [0.05, 0.1) is 0 Å². The van der Waals surface area contributed by atoms with Crippen LogP contribution >= 0.6 is 0 Å². The van der Waals surface area contributed by atoms with E-state index in [9.17, 15) is 14.0 Å². The molecule has 1 aromatic rings. The lowest BCUT2D eigenvalue weighted by atomic mass is 9.95. The molecule has 0 aromatic heterocycles. The fourth-order valence-electron chi connectivity index (χ4n) is 2.81. The molecule has 0 unspecified atom stereocenters. The number of hydrogen-bond acceptors (Lipinski definition) is 3. The molecule has 5 nitrogen and oxygen atoms in total. The molecule has 126 valence electrons. The minimum atomic E-state index is -0.749. The molecule has 6 heteroatoms. The average Bonchev–Trinajstić information content (AvgIpc) is 2.54. The lowest BCUT2D eigenvalue weighted by molar-refractivity contribution is -0.137. The number of unbranched alkanes of at least 4 members (excludes halogenated alkanes) is 1. The molecule has 1 amide bonds. The normalized spacial score (nSPS) is 16.2. The van der Waals surface area contributed by atoms with Gasteiger partial charge in [0.15, 0.2) is 0 Å². The first-order valence-electron chi connectivity index (χ1n) is 8.05. The van der Waals surface area contributed by atoms with Crippen LogP contribution in [0.4, 0.5) is 10.1 Å². The Bertz CT molecular complexity index is 525. The Morgan fingerprint density at radius 2 is 1.83 bits per heavy atom. The van der Waals surface area contributed by atoms with E-state index in [1.807, 2.05) is 0 Å². The van der Waals surface area contributed by atoms with Crippen LogP contribution in [0, 0.1) is 11.7 Å². The van der Waals surface area contributed by atoms with E-state index in [4.69, 9.17) is 5.11 Å². The van der Waals surface area contributed by atoms with E-state index in [-0.39, 0.29) is 24.1 Å². The van der Waals surface area contributed by atoms with Crippen LogP contribution in [0.25, 0.3) is 0 Å². The van der Waals surface area contributed by atoms with Crippen molar-refractivity contribution in [3.8, 4) is 0 Å². The third kappa shape index (κ3) is 5.98. The molecule has 0 saturated carbocycles. The number of amides is 1.